The van der Waals surface area contributed by atoms with Crippen LogP contribution in [-0.4, -0.2) is 44.7 Å². The van der Waals surface area contributed by atoms with E-state index in [0.717, 1.165) is 27.7 Å². The zero-order chi connectivity index (χ0) is 22.1. The van der Waals surface area contributed by atoms with Crippen LogP contribution in [0.1, 0.15) is 43.6 Å². The maximum atomic E-state index is 13.6. The summed E-state index contributed by atoms with van der Waals surface area (Å²) in [6, 6.07) is 12.3. The highest BCUT2D eigenvalue weighted by molar-refractivity contribution is 6.35. The van der Waals surface area contributed by atoms with Crippen LogP contribution in [0, 0.1) is 0 Å². The molecular formula is C24H23Cl2N3O2. The van der Waals surface area contributed by atoms with Crippen molar-refractivity contribution in [1.82, 2.24) is 14.8 Å². The second-order valence-electron chi connectivity index (χ2n) is 9.25. The van der Waals surface area contributed by atoms with Crippen LogP contribution < -0.4 is 0 Å². The third kappa shape index (κ3) is 3.14. The number of H-pyrrole nitrogens is 1. The summed E-state index contributed by atoms with van der Waals surface area (Å²) < 4.78 is 0. The molecule has 2 aromatic carbocycles. The highest BCUT2D eigenvalue weighted by Gasteiger charge is 2.50. The highest BCUT2D eigenvalue weighted by Crippen LogP contribution is 2.45. The van der Waals surface area contributed by atoms with E-state index in [-0.39, 0.29) is 18.4 Å². The molecule has 0 unspecified atom stereocenters. The summed E-state index contributed by atoms with van der Waals surface area (Å²) in [6.45, 7) is 5.93. The molecule has 7 heteroatoms. The third-order valence-electron chi connectivity index (χ3n) is 6.33. The molecule has 3 heterocycles. The van der Waals surface area contributed by atoms with Gasteiger partial charge in [-0.3, -0.25) is 9.59 Å². The topological polar surface area (TPSA) is 56.4 Å². The lowest BCUT2D eigenvalue weighted by atomic mass is 9.85. The molecule has 5 nitrogen and oxygen atoms in total. The Labute approximate surface area is 190 Å². The molecule has 2 aliphatic rings. The fourth-order valence-corrected chi connectivity index (χ4v) is 5.39. The van der Waals surface area contributed by atoms with E-state index in [9.17, 15) is 9.59 Å². The van der Waals surface area contributed by atoms with E-state index in [1.807, 2.05) is 45.0 Å². The first-order chi connectivity index (χ1) is 14.7. The first-order valence-corrected chi connectivity index (χ1v) is 11.1. The molecule has 31 heavy (non-hydrogen) atoms. The molecule has 0 aliphatic carbocycles. The van der Waals surface area contributed by atoms with Crippen LogP contribution in [0.2, 0.25) is 10.0 Å². The number of carbonyl (C=O) groups excluding carboxylic acids is 2. The Morgan fingerprint density at radius 3 is 2.52 bits per heavy atom. The molecule has 2 aliphatic heterocycles. The lowest BCUT2D eigenvalue weighted by Crippen LogP contribution is -2.66. The van der Waals surface area contributed by atoms with Crippen LogP contribution in [0.25, 0.3) is 10.9 Å². The normalized spacial score (nSPS) is 21.5. The van der Waals surface area contributed by atoms with Crippen LogP contribution in [0.5, 0.6) is 0 Å². The average Bonchev–Trinajstić information content (AvgIpc) is 3.07. The molecule has 2 amide bonds. The van der Waals surface area contributed by atoms with Gasteiger partial charge in [-0.2, -0.15) is 0 Å². The molecule has 160 valence electrons. The third-order valence-corrected chi connectivity index (χ3v) is 6.89. The van der Waals surface area contributed by atoms with Crippen LogP contribution in [0.15, 0.2) is 42.5 Å². The van der Waals surface area contributed by atoms with Crippen molar-refractivity contribution >= 4 is 45.9 Å². The first-order valence-electron chi connectivity index (χ1n) is 10.3. The Bertz CT molecular complexity index is 1230. The first kappa shape index (κ1) is 20.4. The Hall–Kier alpha value is -2.50. The van der Waals surface area contributed by atoms with E-state index in [4.69, 9.17) is 23.2 Å². The number of carbonyl (C=O) groups is 2. The number of amides is 2. The molecule has 0 radical (unpaired) electrons. The van der Waals surface area contributed by atoms with Crippen LogP contribution >= 0.6 is 23.2 Å². The fourth-order valence-electron chi connectivity index (χ4n) is 4.88. The van der Waals surface area contributed by atoms with Crippen molar-refractivity contribution in [1.29, 1.82) is 0 Å². The van der Waals surface area contributed by atoms with E-state index < -0.39 is 17.6 Å². The number of benzene rings is 2. The van der Waals surface area contributed by atoms with Gasteiger partial charge in [0.2, 0.25) is 11.8 Å². The van der Waals surface area contributed by atoms with Crippen LogP contribution in [0.4, 0.5) is 0 Å². The van der Waals surface area contributed by atoms with E-state index in [1.54, 1.807) is 21.9 Å². The van der Waals surface area contributed by atoms with Gasteiger partial charge in [0.05, 0.1) is 6.04 Å². The predicted octanol–water partition coefficient (Wildman–Crippen LogP) is 4.96. The van der Waals surface area contributed by atoms with Gasteiger partial charge in [-0.25, -0.2) is 0 Å². The summed E-state index contributed by atoms with van der Waals surface area (Å²) in [4.78, 5) is 34.0. The summed E-state index contributed by atoms with van der Waals surface area (Å²) in [6.07, 6.45) is 0.470. The van der Waals surface area contributed by atoms with Gasteiger partial charge >= 0.3 is 0 Å². The number of rotatable bonds is 1. The molecule has 1 N–H and O–H groups in total. The lowest BCUT2D eigenvalue weighted by molar-refractivity contribution is -0.163. The van der Waals surface area contributed by atoms with Gasteiger partial charge in [0.1, 0.15) is 12.6 Å². The Morgan fingerprint density at radius 1 is 1.06 bits per heavy atom. The number of para-hydroxylation sites is 1. The van der Waals surface area contributed by atoms with E-state index in [1.165, 1.54) is 0 Å². The van der Waals surface area contributed by atoms with Gasteiger partial charge in [0, 0.05) is 38.6 Å². The van der Waals surface area contributed by atoms with E-state index in [0.29, 0.717) is 16.5 Å². The van der Waals surface area contributed by atoms with Crippen molar-refractivity contribution in [2.45, 2.75) is 44.8 Å². The number of nitrogens with one attached hydrogen (secondary N) is 1. The quantitative estimate of drug-likeness (QED) is 0.563. The minimum Gasteiger partial charge on any atom is -0.356 e. The summed E-state index contributed by atoms with van der Waals surface area (Å²) in [5, 5.41) is 2.07. The molecule has 0 spiro atoms. The number of nitrogens with zero attached hydrogens (tertiary/aromatic N) is 2. The van der Waals surface area contributed by atoms with Gasteiger partial charge < -0.3 is 14.8 Å². The maximum absolute atomic E-state index is 13.6. The van der Waals surface area contributed by atoms with Crippen LogP contribution in [-0.2, 0) is 16.0 Å². The average molecular weight is 456 g/mol. The van der Waals surface area contributed by atoms with Gasteiger partial charge in [-0.05, 0) is 50.1 Å². The van der Waals surface area contributed by atoms with Crippen LogP contribution in [0.3, 0.4) is 0 Å². The molecule has 2 atom stereocenters. The van der Waals surface area contributed by atoms with Gasteiger partial charge in [0.15, 0.2) is 0 Å². The van der Waals surface area contributed by atoms with Crippen molar-refractivity contribution < 1.29 is 9.59 Å². The number of halogens is 2. The molecule has 1 aromatic heterocycles. The second-order valence-corrected chi connectivity index (χ2v) is 10.1. The Kier molecular flexibility index (Phi) is 4.61. The lowest BCUT2D eigenvalue weighted by Gasteiger charge is -2.50. The summed E-state index contributed by atoms with van der Waals surface area (Å²) in [5.74, 6) is -0.113. The summed E-state index contributed by atoms with van der Waals surface area (Å²) in [7, 11) is 0. The minimum absolute atomic E-state index is 0.0295. The molecule has 1 fully saturated rings. The molecule has 5 rings (SSSR count). The zero-order valence-corrected chi connectivity index (χ0v) is 19.1. The summed E-state index contributed by atoms with van der Waals surface area (Å²) >= 11 is 12.8. The number of aromatic amines is 1. The van der Waals surface area contributed by atoms with Gasteiger partial charge in [-0.15, -0.1) is 0 Å². The minimum atomic E-state index is -0.580. The smallest absolute Gasteiger partial charge is 0.246 e. The van der Waals surface area contributed by atoms with Crippen molar-refractivity contribution in [2.24, 2.45) is 0 Å². The van der Waals surface area contributed by atoms with Crippen molar-refractivity contribution in [3.8, 4) is 0 Å². The second kappa shape index (κ2) is 7.01. The van der Waals surface area contributed by atoms with Gasteiger partial charge in [-0.1, -0.05) is 47.5 Å². The molecule has 0 saturated carbocycles. The standard InChI is InChI=1S/C24H23Cl2N3O2/c1-24(2,3)28-12-20(30)29-19(23(28)31)11-16-14-6-4-5-7-18(14)27-21(16)22(29)15-9-8-13(25)10-17(15)26/h4-10,19,22,27H,11-12H2,1-3H3/t19-,22+/m1/s1. The number of aromatic nitrogens is 1. The molecule has 0 bridgehead atoms. The monoisotopic (exact) mass is 455 g/mol. The zero-order valence-electron chi connectivity index (χ0n) is 17.6. The largest absolute Gasteiger partial charge is 0.356 e. The number of hydrogen-bond acceptors (Lipinski definition) is 2. The molecular weight excluding hydrogens is 433 g/mol. The number of piperazine rings is 1. The van der Waals surface area contributed by atoms with Crippen molar-refractivity contribution in [3.63, 3.8) is 0 Å². The van der Waals surface area contributed by atoms with Gasteiger partial charge in [0.25, 0.3) is 0 Å². The summed E-state index contributed by atoms with van der Waals surface area (Å²) in [5.41, 5.74) is 3.27. The number of hydrogen-bond donors (Lipinski definition) is 1. The Morgan fingerprint density at radius 2 is 1.81 bits per heavy atom. The van der Waals surface area contributed by atoms with E-state index >= 15 is 0 Å². The predicted molar refractivity (Wildman–Crippen MR) is 122 cm³/mol. The SMILES string of the molecule is CC(C)(C)N1CC(=O)N2[C@@H](c3ccc(Cl)cc3Cl)c3[nH]c4ccccc4c3C[C@@H]2C1=O. The number of fused-ring (bicyclic) bond motifs is 4. The molecule has 1 saturated heterocycles. The highest BCUT2D eigenvalue weighted by atomic mass is 35.5. The Balaban J connectivity index is 1.74. The molecule has 3 aromatic rings. The van der Waals surface area contributed by atoms with E-state index in [2.05, 4.69) is 11.1 Å². The maximum Gasteiger partial charge on any atom is 0.246 e. The fraction of sp³-hybridized carbons (Fsp3) is 0.333. The van der Waals surface area contributed by atoms with Crippen molar-refractivity contribution in [3.05, 3.63) is 69.3 Å². The van der Waals surface area contributed by atoms with Crippen molar-refractivity contribution in [2.75, 3.05) is 6.54 Å².